The summed E-state index contributed by atoms with van der Waals surface area (Å²) in [5, 5.41) is 19.6. The van der Waals surface area contributed by atoms with Crippen molar-refractivity contribution in [1.29, 1.82) is 0 Å². The molecule has 0 saturated heterocycles. The first kappa shape index (κ1) is 15.4. The molecule has 0 aliphatic heterocycles. The molecule has 0 aromatic rings. The standard InChI is InChI=1S/C10H18N2O5/c1-3-5(2)8(10(16)17)12-9(15)6(11)4-7(13)14/h5-6,8H,3-4,11H2,1-2H3,(H,12,15)(H,13,14)(H,16,17)/t5-,6+,8-/m0/s1. The Kier molecular flexibility index (Phi) is 6.19. The van der Waals surface area contributed by atoms with Gasteiger partial charge in [-0.05, 0) is 5.92 Å². The molecule has 17 heavy (non-hydrogen) atoms. The minimum absolute atomic E-state index is 0.256. The highest BCUT2D eigenvalue weighted by atomic mass is 16.4. The van der Waals surface area contributed by atoms with E-state index in [0.717, 1.165) is 0 Å². The average Bonchev–Trinajstić information content (AvgIpc) is 2.22. The molecule has 0 saturated carbocycles. The molecule has 7 nitrogen and oxygen atoms in total. The monoisotopic (exact) mass is 246 g/mol. The Morgan fingerprint density at radius 1 is 1.29 bits per heavy atom. The van der Waals surface area contributed by atoms with E-state index in [2.05, 4.69) is 5.32 Å². The van der Waals surface area contributed by atoms with Gasteiger partial charge in [-0.2, -0.15) is 0 Å². The van der Waals surface area contributed by atoms with Crippen LogP contribution in [0.4, 0.5) is 0 Å². The molecular formula is C10H18N2O5. The van der Waals surface area contributed by atoms with Crippen molar-refractivity contribution in [3.8, 4) is 0 Å². The molecule has 3 atom stereocenters. The smallest absolute Gasteiger partial charge is 0.326 e. The Hall–Kier alpha value is -1.63. The lowest BCUT2D eigenvalue weighted by Crippen LogP contribution is -2.51. The second-order valence-corrected chi connectivity index (χ2v) is 3.91. The van der Waals surface area contributed by atoms with Crippen LogP contribution >= 0.6 is 0 Å². The number of nitrogens with one attached hydrogen (secondary N) is 1. The minimum Gasteiger partial charge on any atom is -0.481 e. The molecule has 0 fully saturated rings. The minimum atomic E-state index is -1.24. The van der Waals surface area contributed by atoms with Crippen LogP contribution in [-0.4, -0.2) is 40.1 Å². The van der Waals surface area contributed by atoms with Crippen molar-refractivity contribution in [2.24, 2.45) is 11.7 Å². The van der Waals surface area contributed by atoms with Crippen LogP contribution in [0.15, 0.2) is 0 Å². The Morgan fingerprint density at radius 3 is 2.18 bits per heavy atom. The molecule has 0 aliphatic carbocycles. The average molecular weight is 246 g/mol. The molecule has 0 radical (unpaired) electrons. The molecule has 0 bridgehead atoms. The van der Waals surface area contributed by atoms with Gasteiger partial charge in [-0.15, -0.1) is 0 Å². The molecular weight excluding hydrogens is 228 g/mol. The van der Waals surface area contributed by atoms with Crippen molar-refractivity contribution >= 4 is 17.8 Å². The van der Waals surface area contributed by atoms with Gasteiger partial charge in [0, 0.05) is 0 Å². The predicted octanol–water partition coefficient (Wildman–Crippen LogP) is -0.596. The first-order chi connectivity index (χ1) is 7.79. The SMILES string of the molecule is CC[C@H](C)[C@H](NC(=O)[C@H](N)CC(=O)O)C(=O)O. The van der Waals surface area contributed by atoms with Gasteiger partial charge in [0.1, 0.15) is 6.04 Å². The van der Waals surface area contributed by atoms with Gasteiger partial charge in [0.2, 0.25) is 5.91 Å². The van der Waals surface area contributed by atoms with Crippen molar-refractivity contribution in [2.45, 2.75) is 38.8 Å². The van der Waals surface area contributed by atoms with E-state index < -0.39 is 36.4 Å². The zero-order valence-corrected chi connectivity index (χ0v) is 9.84. The van der Waals surface area contributed by atoms with Gasteiger partial charge < -0.3 is 21.3 Å². The molecule has 1 amide bonds. The van der Waals surface area contributed by atoms with Gasteiger partial charge in [-0.1, -0.05) is 20.3 Å². The van der Waals surface area contributed by atoms with E-state index in [0.29, 0.717) is 6.42 Å². The summed E-state index contributed by atoms with van der Waals surface area (Å²) in [5.74, 6) is -3.38. The fourth-order valence-electron chi connectivity index (χ4n) is 1.22. The fourth-order valence-corrected chi connectivity index (χ4v) is 1.22. The van der Waals surface area contributed by atoms with E-state index in [9.17, 15) is 14.4 Å². The largest absolute Gasteiger partial charge is 0.481 e. The number of aliphatic carboxylic acids is 2. The van der Waals surface area contributed by atoms with E-state index in [1.165, 1.54) is 0 Å². The van der Waals surface area contributed by atoms with Crippen LogP contribution in [0.5, 0.6) is 0 Å². The molecule has 5 N–H and O–H groups in total. The summed E-state index contributed by atoms with van der Waals surface area (Å²) in [7, 11) is 0. The Labute approximate surface area is 99.0 Å². The van der Waals surface area contributed by atoms with Gasteiger partial charge >= 0.3 is 11.9 Å². The second-order valence-electron chi connectivity index (χ2n) is 3.91. The van der Waals surface area contributed by atoms with Crippen LogP contribution in [0.25, 0.3) is 0 Å². The van der Waals surface area contributed by atoms with Crippen LogP contribution in [0.3, 0.4) is 0 Å². The lowest BCUT2D eigenvalue weighted by Gasteiger charge is -2.21. The van der Waals surface area contributed by atoms with Crippen molar-refractivity contribution < 1.29 is 24.6 Å². The summed E-state index contributed by atoms with van der Waals surface area (Å²) >= 11 is 0. The fraction of sp³-hybridized carbons (Fsp3) is 0.700. The molecule has 7 heteroatoms. The summed E-state index contributed by atoms with van der Waals surface area (Å²) in [6, 6.07) is -2.29. The van der Waals surface area contributed by atoms with E-state index in [-0.39, 0.29) is 5.92 Å². The Balaban J connectivity index is 4.50. The third-order valence-corrected chi connectivity index (χ3v) is 2.51. The Bertz CT molecular complexity index is 305. The number of carboxylic acids is 2. The maximum atomic E-state index is 11.5. The zero-order chi connectivity index (χ0) is 13.6. The highest BCUT2D eigenvalue weighted by molar-refractivity contribution is 5.89. The summed E-state index contributed by atoms with van der Waals surface area (Å²) in [4.78, 5) is 32.7. The maximum Gasteiger partial charge on any atom is 0.326 e. The molecule has 0 heterocycles. The van der Waals surface area contributed by atoms with Gasteiger partial charge in [0.05, 0.1) is 12.5 Å². The van der Waals surface area contributed by atoms with E-state index >= 15 is 0 Å². The number of hydrogen-bond acceptors (Lipinski definition) is 4. The number of carbonyl (C=O) groups excluding carboxylic acids is 1. The highest BCUT2D eigenvalue weighted by Gasteiger charge is 2.28. The normalized spacial score (nSPS) is 15.7. The van der Waals surface area contributed by atoms with Crippen molar-refractivity contribution in [3.63, 3.8) is 0 Å². The Morgan fingerprint density at radius 2 is 1.82 bits per heavy atom. The summed E-state index contributed by atoms with van der Waals surface area (Å²) in [5.41, 5.74) is 5.32. The lowest BCUT2D eigenvalue weighted by molar-refractivity contribution is -0.144. The number of rotatable bonds is 7. The quantitative estimate of drug-likeness (QED) is 0.474. The van der Waals surface area contributed by atoms with Crippen LogP contribution in [0.2, 0.25) is 0 Å². The number of hydrogen-bond donors (Lipinski definition) is 4. The molecule has 0 spiro atoms. The van der Waals surface area contributed by atoms with E-state index in [1.54, 1.807) is 13.8 Å². The maximum absolute atomic E-state index is 11.5. The summed E-state index contributed by atoms with van der Waals surface area (Å²) in [6.45, 7) is 3.48. The highest BCUT2D eigenvalue weighted by Crippen LogP contribution is 2.08. The van der Waals surface area contributed by atoms with Crippen molar-refractivity contribution in [1.82, 2.24) is 5.32 Å². The first-order valence-electron chi connectivity index (χ1n) is 5.30. The summed E-state index contributed by atoms with van der Waals surface area (Å²) < 4.78 is 0. The third-order valence-electron chi connectivity index (χ3n) is 2.51. The van der Waals surface area contributed by atoms with E-state index in [4.69, 9.17) is 15.9 Å². The summed E-state index contributed by atoms with van der Waals surface area (Å²) in [6.07, 6.45) is 0.0457. The van der Waals surface area contributed by atoms with Crippen LogP contribution in [0, 0.1) is 5.92 Å². The lowest BCUT2D eigenvalue weighted by atomic mass is 9.99. The molecule has 0 aromatic heterocycles. The van der Waals surface area contributed by atoms with Crippen molar-refractivity contribution in [2.75, 3.05) is 0 Å². The number of amides is 1. The molecule has 98 valence electrons. The molecule has 0 aliphatic rings. The molecule has 0 aromatic carbocycles. The molecule has 0 rings (SSSR count). The topological polar surface area (TPSA) is 130 Å². The van der Waals surface area contributed by atoms with Gasteiger partial charge in [0.15, 0.2) is 0 Å². The third kappa shape index (κ3) is 5.30. The van der Waals surface area contributed by atoms with Crippen LogP contribution in [-0.2, 0) is 14.4 Å². The van der Waals surface area contributed by atoms with Gasteiger partial charge in [-0.25, -0.2) is 4.79 Å². The van der Waals surface area contributed by atoms with E-state index in [1.807, 2.05) is 0 Å². The predicted molar refractivity (Wildman–Crippen MR) is 59.2 cm³/mol. The second kappa shape index (κ2) is 6.85. The van der Waals surface area contributed by atoms with Crippen LogP contribution in [0.1, 0.15) is 26.7 Å². The number of carbonyl (C=O) groups is 3. The molecule has 0 unspecified atom stereocenters. The number of carboxylic acid groups (broad SMARTS) is 2. The zero-order valence-electron chi connectivity index (χ0n) is 9.84. The van der Waals surface area contributed by atoms with Gasteiger partial charge in [0.25, 0.3) is 0 Å². The van der Waals surface area contributed by atoms with Gasteiger partial charge in [-0.3, -0.25) is 9.59 Å². The van der Waals surface area contributed by atoms with Crippen molar-refractivity contribution in [3.05, 3.63) is 0 Å². The number of nitrogens with two attached hydrogens (primary N) is 1. The first-order valence-corrected chi connectivity index (χ1v) is 5.30. The van der Waals surface area contributed by atoms with Crippen LogP contribution < -0.4 is 11.1 Å².